The summed E-state index contributed by atoms with van der Waals surface area (Å²) in [5, 5.41) is 3.58. The lowest BCUT2D eigenvalue weighted by Crippen LogP contribution is -2.38. The van der Waals surface area contributed by atoms with E-state index in [2.05, 4.69) is 18.5 Å². The molecule has 84 valence electrons. The molecular formula is C10H21NOS2. The molecule has 1 saturated heterocycles. The highest BCUT2D eigenvalue weighted by atomic mass is 32.2. The number of hydrogen-bond acceptors (Lipinski definition) is 3. The van der Waals surface area contributed by atoms with Crippen LogP contribution in [0.3, 0.4) is 0 Å². The number of nitrogens with one attached hydrogen (secondary N) is 1. The second-order valence-electron chi connectivity index (χ2n) is 4.09. The minimum atomic E-state index is -0.523. The molecule has 0 amide bonds. The summed E-state index contributed by atoms with van der Waals surface area (Å²) in [7, 11) is -0.523. The molecule has 1 fully saturated rings. The van der Waals surface area contributed by atoms with Crippen molar-refractivity contribution in [1.29, 1.82) is 0 Å². The Morgan fingerprint density at radius 3 is 2.71 bits per heavy atom. The summed E-state index contributed by atoms with van der Waals surface area (Å²) in [6.07, 6.45) is 4.34. The average molecular weight is 235 g/mol. The molecule has 0 spiro atoms. The minimum Gasteiger partial charge on any atom is -0.314 e. The van der Waals surface area contributed by atoms with Crippen LogP contribution in [0.2, 0.25) is 0 Å². The Hall–Kier alpha value is 0.460. The summed E-state index contributed by atoms with van der Waals surface area (Å²) >= 11 is 1.91. The van der Waals surface area contributed by atoms with Gasteiger partial charge >= 0.3 is 0 Å². The van der Waals surface area contributed by atoms with Gasteiger partial charge in [-0.25, -0.2) is 0 Å². The lowest BCUT2D eigenvalue weighted by molar-refractivity contribution is 0.440. The van der Waals surface area contributed by atoms with Crippen molar-refractivity contribution in [1.82, 2.24) is 5.32 Å². The Balaban J connectivity index is 2.09. The summed E-state index contributed by atoms with van der Waals surface area (Å²) in [6, 6.07) is 0.622. The number of thioether (sulfide) groups is 1. The molecule has 0 aromatic carbocycles. The molecule has 14 heavy (non-hydrogen) atoms. The topological polar surface area (TPSA) is 29.1 Å². The summed E-state index contributed by atoms with van der Waals surface area (Å²) in [5.74, 6) is 3.77. The lowest BCUT2D eigenvalue weighted by Gasteiger charge is -2.24. The second kappa shape index (κ2) is 6.85. The van der Waals surface area contributed by atoms with Gasteiger partial charge in [0.05, 0.1) is 0 Å². The zero-order valence-corrected chi connectivity index (χ0v) is 10.8. The molecule has 0 radical (unpaired) electrons. The summed E-state index contributed by atoms with van der Waals surface area (Å²) in [6.45, 7) is 3.39. The molecule has 1 aliphatic heterocycles. The Labute approximate surface area is 94.1 Å². The predicted octanol–water partition coefficient (Wildman–Crippen LogP) is 1.49. The van der Waals surface area contributed by atoms with Gasteiger partial charge in [-0.05, 0) is 37.3 Å². The van der Waals surface area contributed by atoms with Crippen LogP contribution >= 0.6 is 11.8 Å². The van der Waals surface area contributed by atoms with Crippen molar-refractivity contribution in [3.8, 4) is 0 Å². The summed E-state index contributed by atoms with van der Waals surface area (Å²) in [5.41, 5.74) is 0. The van der Waals surface area contributed by atoms with Gasteiger partial charge in [0, 0.05) is 28.3 Å². The van der Waals surface area contributed by atoms with Gasteiger partial charge in [-0.1, -0.05) is 6.92 Å². The summed E-state index contributed by atoms with van der Waals surface area (Å²) in [4.78, 5) is 0. The molecular weight excluding hydrogens is 214 g/mol. The van der Waals surface area contributed by atoms with E-state index in [1.165, 1.54) is 5.75 Å². The molecule has 1 unspecified atom stereocenters. The van der Waals surface area contributed by atoms with Crippen molar-refractivity contribution >= 4 is 22.6 Å². The van der Waals surface area contributed by atoms with Crippen LogP contribution in [-0.2, 0) is 10.8 Å². The first kappa shape index (κ1) is 12.5. The van der Waals surface area contributed by atoms with E-state index in [1.807, 2.05) is 11.8 Å². The molecule has 1 atom stereocenters. The monoisotopic (exact) mass is 235 g/mol. The average Bonchev–Trinajstić information content (AvgIpc) is 2.17. The van der Waals surface area contributed by atoms with Gasteiger partial charge in [0.15, 0.2) is 0 Å². The van der Waals surface area contributed by atoms with Crippen LogP contribution < -0.4 is 5.32 Å². The van der Waals surface area contributed by atoms with Crippen molar-refractivity contribution in [2.45, 2.75) is 25.8 Å². The first-order valence-corrected chi connectivity index (χ1v) is 8.18. The maximum atomic E-state index is 11.1. The highest BCUT2D eigenvalue weighted by molar-refractivity contribution is 7.98. The highest BCUT2D eigenvalue weighted by Crippen LogP contribution is 2.10. The molecule has 0 bridgehead atoms. The van der Waals surface area contributed by atoms with E-state index in [4.69, 9.17) is 0 Å². The van der Waals surface area contributed by atoms with Crippen LogP contribution in [0.4, 0.5) is 0 Å². The van der Waals surface area contributed by atoms with Gasteiger partial charge in [-0.3, -0.25) is 4.21 Å². The van der Waals surface area contributed by atoms with Gasteiger partial charge in [0.1, 0.15) is 0 Å². The fourth-order valence-electron chi connectivity index (χ4n) is 1.71. The van der Waals surface area contributed by atoms with Crippen molar-refractivity contribution < 1.29 is 4.21 Å². The zero-order valence-electron chi connectivity index (χ0n) is 9.12. The number of hydrogen-bond donors (Lipinski definition) is 1. The lowest BCUT2D eigenvalue weighted by atomic mass is 10.1. The van der Waals surface area contributed by atoms with Gasteiger partial charge in [0.2, 0.25) is 0 Å². The van der Waals surface area contributed by atoms with Crippen LogP contribution in [0.5, 0.6) is 0 Å². The van der Waals surface area contributed by atoms with Crippen LogP contribution in [0.25, 0.3) is 0 Å². The van der Waals surface area contributed by atoms with Gasteiger partial charge < -0.3 is 5.32 Å². The zero-order chi connectivity index (χ0) is 10.4. The predicted molar refractivity (Wildman–Crippen MR) is 66.4 cm³/mol. The smallest absolute Gasteiger partial charge is 0.0249 e. The first-order chi connectivity index (χ1) is 6.72. The van der Waals surface area contributed by atoms with E-state index >= 15 is 0 Å². The fourth-order valence-corrected chi connectivity index (χ4v) is 3.70. The molecule has 1 rings (SSSR count). The fraction of sp³-hybridized carbons (Fsp3) is 1.00. The third-order valence-electron chi connectivity index (χ3n) is 2.59. The molecule has 1 heterocycles. The van der Waals surface area contributed by atoms with Crippen LogP contribution in [0.1, 0.15) is 19.8 Å². The molecule has 0 aromatic heterocycles. The second-order valence-corrected chi connectivity index (χ2v) is 6.70. The quantitative estimate of drug-likeness (QED) is 0.783. The van der Waals surface area contributed by atoms with Crippen LogP contribution in [0, 0.1) is 5.92 Å². The Kier molecular flexibility index (Phi) is 6.13. The third kappa shape index (κ3) is 4.80. The van der Waals surface area contributed by atoms with E-state index in [9.17, 15) is 4.21 Å². The van der Waals surface area contributed by atoms with E-state index < -0.39 is 10.8 Å². The maximum absolute atomic E-state index is 11.1. The van der Waals surface area contributed by atoms with Gasteiger partial charge in [-0.15, -0.1) is 0 Å². The Morgan fingerprint density at radius 2 is 2.14 bits per heavy atom. The molecule has 0 saturated carbocycles. The molecule has 4 heteroatoms. The highest BCUT2D eigenvalue weighted by Gasteiger charge is 2.17. The molecule has 0 aromatic rings. The normalized spacial score (nSPS) is 30.1. The summed E-state index contributed by atoms with van der Waals surface area (Å²) < 4.78 is 11.1. The molecule has 2 nitrogen and oxygen atoms in total. The maximum Gasteiger partial charge on any atom is 0.0249 e. The van der Waals surface area contributed by atoms with Crippen molar-refractivity contribution in [2.24, 2.45) is 5.92 Å². The van der Waals surface area contributed by atoms with E-state index in [1.54, 1.807) is 0 Å². The molecule has 0 aliphatic carbocycles. The van der Waals surface area contributed by atoms with Gasteiger partial charge in [-0.2, -0.15) is 11.8 Å². The van der Waals surface area contributed by atoms with Crippen LogP contribution in [-0.4, -0.2) is 40.3 Å². The van der Waals surface area contributed by atoms with E-state index in [-0.39, 0.29) is 0 Å². The van der Waals surface area contributed by atoms with E-state index in [0.29, 0.717) is 6.04 Å². The molecule has 1 N–H and O–H groups in total. The largest absolute Gasteiger partial charge is 0.314 e. The van der Waals surface area contributed by atoms with Crippen LogP contribution in [0.15, 0.2) is 0 Å². The standard InChI is InChI=1S/C10H21NOS2/c1-9(8-13-2)7-11-10-3-5-14(12)6-4-10/h9-11H,3-8H2,1-2H3. The van der Waals surface area contributed by atoms with Gasteiger partial charge in [0.25, 0.3) is 0 Å². The minimum absolute atomic E-state index is 0.523. The van der Waals surface area contributed by atoms with Crippen molar-refractivity contribution in [3.63, 3.8) is 0 Å². The Morgan fingerprint density at radius 1 is 1.50 bits per heavy atom. The SMILES string of the molecule is CSCC(C)CNC1CCS(=O)CC1. The van der Waals surface area contributed by atoms with Crippen molar-refractivity contribution in [2.75, 3.05) is 30.1 Å². The third-order valence-corrected chi connectivity index (χ3v) is 4.88. The Bertz CT molecular complexity index is 177. The molecule has 1 aliphatic rings. The first-order valence-electron chi connectivity index (χ1n) is 5.29. The number of rotatable bonds is 5. The van der Waals surface area contributed by atoms with Crippen molar-refractivity contribution in [3.05, 3.63) is 0 Å². The van der Waals surface area contributed by atoms with E-state index in [0.717, 1.165) is 36.8 Å².